The second-order valence-electron chi connectivity index (χ2n) is 5.07. The van der Waals surface area contributed by atoms with Gasteiger partial charge in [-0.05, 0) is 36.7 Å². The maximum absolute atomic E-state index is 12.3. The van der Waals surface area contributed by atoms with Gasteiger partial charge in [0.1, 0.15) is 5.69 Å². The molecule has 0 aliphatic carbocycles. The van der Waals surface area contributed by atoms with Crippen LogP contribution in [0.4, 0.5) is 0 Å². The van der Waals surface area contributed by atoms with Crippen LogP contribution in [0.15, 0.2) is 33.9 Å². The van der Waals surface area contributed by atoms with Gasteiger partial charge in [0.25, 0.3) is 5.56 Å². The van der Waals surface area contributed by atoms with Gasteiger partial charge in [0.05, 0.1) is 10.4 Å². The quantitative estimate of drug-likeness (QED) is 0.674. The summed E-state index contributed by atoms with van der Waals surface area (Å²) >= 11 is 1.22. The van der Waals surface area contributed by atoms with Gasteiger partial charge in [0.2, 0.25) is 0 Å². The fourth-order valence-corrected chi connectivity index (χ4v) is 3.09. The summed E-state index contributed by atoms with van der Waals surface area (Å²) in [4.78, 5) is 36.1. The summed E-state index contributed by atoms with van der Waals surface area (Å²) in [6, 6.07) is 6.51. The fraction of sp³-hybridized carbons (Fsp3) is 0.200. The van der Waals surface area contributed by atoms with E-state index in [4.69, 9.17) is 0 Å². The minimum absolute atomic E-state index is 0.146. The molecule has 0 aliphatic rings. The highest BCUT2D eigenvalue weighted by atomic mass is 32.1. The molecule has 0 fully saturated rings. The maximum atomic E-state index is 12.3. The molecule has 3 aromatic rings. The molecular formula is C15H13N3O3S. The van der Waals surface area contributed by atoms with E-state index in [-0.39, 0.29) is 5.78 Å². The predicted octanol–water partition coefficient (Wildman–Crippen LogP) is 1.66. The summed E-state index contributed by atoms with van der Waals surface area (Å²) in [6.45, 7) is 3.14. The Morgan fingerprint density at radius 3 is 2.64 bits per heavy atom. The van der Waals surface area contributed by atoms with Crippen LogP contribution in [0, 0.1) is 6.92 Å². The number of fused-ring (bicyclic) bond motifs is 1. The molecule has 1 aromatic carbocycles. The van der Waals surface area contributed by atoms with Gasteiger partial charge in [0.15, 0.2) is 5.78 Å². The Morgan fingerprint density at radius 2 is 1.95 bits per heavy atom. The standard InChI is InChI=1S/C15H13N3O3S/c1-8-6-13(20)18(15(21)17(8)3)10-4-5-12-11(7-10)14(9(2)19)16-22-12/h4-7H,1-3H3. The number of ketones is 1. The minimum Gasteiger partial charge on any atom is -0.301 e. The Morgan fingerprint density at radius 1 is 1.23 bits per heavy atom. The summed E-state index contributed by atoms with van der Waals surface area (Å²) in [6.07, 6.45) is 0. The second kappa shape index (κ2) is 5.03. The smallest absolute Gasteiger partial charge is 0.301 e. The molecule has 6 nitrogen and oxygen atoms in total. The van der Waals surface area contributed by atoms with Gasteiger partial charge in [-0.2, -0.15) is 4.37 Å². The molecule has 2 aromatic heterocycles. The number of aromatic nitrogens is 3. The van der Waals surface area contributed by atoms with Gasteiger partial charge in [-0.1, -0.05) is 0 Å². The predicted molar refractivity (Wildman–Crippen MR) is 85.2 cm³/mol. The van der Waals surface area contributed by atoms with Gasteiger partial charge >= 0.3 is 5.69 Å². The number of Topliss-reactive ketones (excluding diaryl/α,β-unsaturated/α-hetero) is 1. The van der Waals surface area contributed by atoms with Gasteiger partial charge in [-0.25, -0.2) is 9.36 Å². The fourth-order valence-electron chi connectivity index (χ4n) is 2.29. The first-order chi connectivity index (χ1) is 10.4. The van der Waals surface area contributed by atoms with Crippen molar-refractivity contribution >= 4 is 27.4 Å². The first-order valence-electron chi connectivity index (χ1n) is 6.60. The molecule has 0 aliphatic heterocycles. The zero-order chi connectivity index (χ0) is 16.0. The largest absolute Gasteiger partial charge is 0.335 e. The number of nitrogens with zero attached hydrogens (tertiary/aromatic N) is 3. The first-order valence-corrected chi connectivity index (χ1v) is 7.38. The molecule has 0 unspecified atom stereocenters. The third-order valence-corrected chi connectivity index (χ3v) is 4.43. The van der Waals surface area contributed by atoms with Crippen molar-refractivity contribution in [3.63, 3.8) is 0 Å². The SMILES string of the molecule is CC(=O)c1nsc2ccc(-n3c(=O)cc(C)n(C)c3=O)cc12. The number of rotatable bonds is 2. The number of hydrogen-bond donors (Lipinski definition) is 0. The number of carbonyl (C=O) groups is 1. The van der Waals surface area contributed by atoms with Crippen LogP contribution >= 0.6 is 11.5 Å². The molecule has 7 heteroatoms. The van der Waals surface area contributed by atoms with E-state index in [9.17, 15) is 14.4 Å². The van der Waals surface area contributed by atoms with Crippen LogP contribution < -0.4 is 11.2 Å². The molecule has 22 heavy (non-hydrogen) atoms. The molecule has 0 bridgehead atoms. The lowest BCUT2D eigenvalue weighted by Crippen LogP contribution is -2.38. The van der Waals surface area contributed by atoms with E-state index in [1.165, 1.54) is 29.1 Å². The zero-order valence-electron chi connectivity index (χ0n) is 12.3. The van der Waals surface area contributed by atoms with E-state index < -0.39 is 11.2 Å². The molecule has 0 saturated heterocycles. The van der Waals surface area contributed by atoms with Crippen molar-refractivity contribution in [1.29, 1.82) is 0 Å². The van der Waals surface area contributed by atoms with Gasteiger partial charge in [-0.3, -0.25) is 9.59 Å². The highest BCUT2D eigenvalue weighted by Crippen LogP contribution is 2.25. The van der Waals surface area contributed by atoms with E-state index in [2.05, 4.69) is 4.37 Å². The molecule has 0 spiro atoms. The molecule has 112 valence electrons. The molecule has 0 atom stereocenters. The highest BCUT2D eigenvalue weighted by molar-refractivity contribution is 7.13. The average molecular weight is 315 g/mol. The Bertz CT molecular complexity index is 1030. The molecule has 0 amide bonds. The van der Waals surface area contributed by atoms with Crippen molar-refractivity contribution in [2.75, 3.05) is 0 Å². The minimum atomic E-state index is -0.420. The lowest BCUT2D eigenvalue weighted by atomic mass is 10.1. The first kappa shape index (κ1) is 14.4. The average Bonchev–Trinajstić information content (AvgIpc) is 2.88. The second-order valence-corrected chi connectivity index (χ2v) is 5.87. The number of benzene rings is 1. The van der Waals surface area contributed by atoms with Crippen molar-refractivity contribution in [3.8, 4) is 5.69 Å². The Kier molecular flexibility index (Phi) is 3.29. The van der Waals surface area contributed by atoms with E-state index in [0.717, 1.165) is 9.27 Å². The van der Waals surface area contributed by atoms with Crippen molar-refractivity contribution in [3.05, 3.63) is 56.5 Å². The van der Waals surface area contributed by atoms with Crippen LogP contribution in [0.5, 0.6) is 0 Å². The van der Waals surface area contributed by atoms with E-state index in [1.807, 2.05) is 0 Å². The summed E-state index contributed by atoms with van der Waals surface area (Å²) in [7, 11) is 1.61. The highest BCUT2D eigenvalue weighted by Gasteiger charge is 2.14. The molecule has 0 saturated carbocycles. The Balaban J connectivity index is 2.35. The lowest BCUT2D eigenvalue weighted by Gasteiger charge is -2.09. The van der Waals surface area contributed by atoms with Crippen molar-refractivity contribution < 1.29 is 4.79 Å². The van der Waals surface area contributed by atoms with Gasteiger partial charge in [-0.15, -0.1) is 0 Å². The molecule has 0 radical (unpaired) electrons. The summed E-state index contributed by atoms with van der Waals surface area (Å²) in [5, 5.41) is 0.657. The third-order valence-electron chi connectivity index (χ3n) is 3.61. The number of aryl methyl sites for hydroxylation is 1. The molecule has 3 rings (SSSR count). The zero-order valence-corrected chi connectivity index (χ0v) is 13.1. The number of carbonyl (C=O) groups excluding carboxylic acids is 1. The van der Waals surface area contributed by atoms with Crippen molar-refractivity contribution in [2.45, 2.75) is 13.8 Å². The van der Waals surface area contributed by atoms with Gasteiger partial charge in [0, 0.05) is 31.1 Å². The summed E-state index contributed by atoms with van der Waals surface area (Å²) in [5.41, 5.74) is 0.568. The Labute approximate surface area is 129 Å². The molecular weight excluding hydrogens is 302 g/mol. The summed E-state index contributed by atoms with van der Waals surface area (Å²) in [5.74, 6) is -0.146. The normalized spacial score (nSPS) is 11.0. The Hall–Kier alpha value is -2.54. The monoisotopic (exact) mass is 315 g/mol. The maximum Gasteiger partial charge on any atom is 0.335 e. The van der Waals surface area contributed by atoms with Crippen LogP contribution in [-0.4, -0.2) is 19.3 Å². The third kappa shape index (κ3) is 2.10. The lowest BCUT2D eigenvalue weighted by molar-refractivity contribution is 0.101. The van der Waals surface area contributed by atoms with Crippen LogP contribution in [0.1, 0.15) is 23.1 Å². The van der Waals surface area contributed by atoms with Crippen LogP contribution in [0.25, 0.3) is 15.8 Å². The van der Waals surface area contributed by atoms with Crippen LogP contribution in [-0.2, 0) is 7.05 Å². The van der Waals surface area contributed by atoms with E-state index >= 15 is 0 Å². The van der Waals surface area contributed by atoms with Crippen molar-refractivity contribution in [2.24, 2.45) is 7.05 Å². The molecule has 0 N–H and O–H groups in total. The topological polar surface area (TPSA) is 74.0 Å². The van der Waals surface area contributed by atoms with Gasteiger partial charge < -0.3 is 4.57 Å². The van der Waals surface area contributed by atoms with Crippen LogP contribution in [0.2, 0.25) is 0 Å². The van der Waals surface area contributed by atoms with Crippen molar-refractivity contribution in [1.82, 2.24) is 13.5 Å². The number of hydrogen-bond acceptors (Lipinski definition) is 5. The summed E-state index contributed by atoms with van der Waals surface area (Å²) < 4.78 is 7.46. The van der Waals surface area contributed by atoms with E-state index in [1.54, 1.807) is 32.2 Å². The molecule has 2 heterocycles. The van der Waals surface area contributed by atoms with E-state index in [0.29, 0.717) is 22.5 Å². The van der Waals surface area contributed by atoms with Crippen LogP contribution in [0.3, 0.4) is 0 Å².